The van der Waals surface area contributed by atoms with E-state index in [0.29, 0.717) is 28.6 Å². The molecule has 4 nitrogen and oxygen atoms in total. The van der Waals surface area contributed by atoms with Crippen LogP contribution in [0.5, 0.6) is 5.75 Å². The number of rotatable bonds is 5. The highest BCUT2D eigenvalue weighted by atomic mass is 35.5. The number of ether oxygens (including phenoxy) is 1. The number of nitrogens with zero attached hydrogens (tertiary/aromatic N) is 1. The second kappa shape index (κ2) is 8.19. The van der Waals surface area contributed by atoms with Crippen LogP contribution in [0.15, 0.2) is 48.0 Å². The third-order valence-electron chi connectivity index (χ3n) is 3.31. The molecule has 0 aliphatic heterocycles. The van der Waals surface area contributed by atoms with E-state index in [2.05, 4.69) is 5.32 Å². The summed E-state index contributed by atoms with van der Waals surface area (Å²) in [7, 11) is 0. The first-order valence-electron chi connectivity index (χ1n) is 7.46. The second-order valence-corrected chi connectivity index (χ2v) is 5.47. The number of carbonyl (C=O) groups is 1. The highest BCUT2D eigenvalue weighted by molar-refractivity contribution is 6.31. The number of halogens is 1. The molecule has 0 aliphatic rings. The molecule has 2 aromatic rings. The topological polar surface area (TPSA) is 62.1 Å². The summed E-state index contributed by atoms with van der Waals surface area (Å²) >= 11 is 6.05. The Morgan fingerprint density at radius 1 is 1.33 bits per heavy atom. The lowest BCUT2D eigenvalue weighted by Crippen LogP contribution is -2.13. The van der Waals surface area contributed by atoms with E-state index in [-0.39, 0.29) is 5.57 Å². The summed E-state index contributed by atoms with van der Waals surface area (Å²) in [6.07, 6.45) is 1.51. The molecule has 24 heavy (non-hydrogen) atoms. The molecule has 0 saturated carbocycles. The van der Waals surface area contributed by atoms with E-state index < -0.39 is 5.91 Å². The molecule has 2 rings (SSSR count). The first kappa shape index (κ1) is 17.6. The van der Waals surface area contributed by atoms with Crippen LogP contribution in [0.1, 0.15) is 18.1 Å². The Morgan fingerprint density at radius 3 is 2.75 bits per heavy atom. The largest absolute Gasteiger partial charge is 0.493 e. The molecule has 2 aromatic carbocycles. The number of carbonyl (C=O) groups excluding carboxylic acids is 1. The molecule has 0 bridgehead atoms. The molecular formula is C19H17ClN2O2. The van der Waals surface area contributed by atoms with E-state index in [1.807, 2.05) is 32.0 Å². The summed E-state index contributed by atoms with van der Waals surface area (Å²) in [6.45, 7) is 4.25. The van der Waals surface area contributed by atoms with Gasteiger partial charge in [0, 0.05) is 16.3 Å². The normalized spacial score (nSPS) is 10.8. The Kier molecular flexibility index (Phi) is 6.00. The first-order chi connectivity index (χ1) is 11.5. The molecule has 122 valence electrons. The van der Waals surface area contributed by atoms with Gasteiger partial charge in [-0.2, -0.15) is 5.26 Å². The van der Waals surface area contributed by atoms with Gasteiger partial charge in [-0.05, 0) is 43.7 Å². The van der Waals surface area contributed by atoms with Crippen LogP contribution in [0.4, 0.5) is 5.69 Å². The summed E-state index contributed by atoms with van der Waals surface area (Å²) in [6, 6.07) is 14.4. The van der Waals surface area contributed by atoms with Gasteiger partial charge in [0.15, 0.2) is 0 Å². The van der Waals surface area contributed by atoms with Crippen molar-refractivity contribution in [3.8, 4) is 11.8 Å². The van der Waals surface area contributed by atoms with E-state index in [4.69, 9.17) is 16.3 Å². The number of nitrogens with one attached hydrogen (secondary N) is 1. The monoisotopic (exact) mass is 340 g/mol. The van der Waals surface area contributed by atoms with Gasteiger partial charge in [0.05, 0.1) is 6.61 Å². The number of benzene rings is 2. The van der Waals surface area contributed by atoms with Gasteiger partial charge in [-0.25, -0.2) is 0 Å². The molecule has 0 fully saturated rings. The summed E-state index contributed by atoms with van der Waals surface area (Å²) in [5.74, 6) is 0.127. The number of hydrogen-bond acceptors (Lipinski definition) is 3. The first-order valence-corrected chi connectivity index (χ1v) is 7.84. The Balaban J connectivity index is 2.26. The van der Waals surface area contributed by atoms with Crippen LogP contribution in [0.25, 0.3) is 6.08 Å². The molecule has 0 unspecified atom stereocenters. The number of para-hydroxylation sites is 1. The Morgan fingerprint density at radius 2 is 2.08 bits per heavy atom. The van der Waals surface area contributed by atoms with Crippen LogP contribution in [0.3, 0.4) is 0 Å². The van der Waals surface area contributed by atoms with Crippen LogP contribution in [0.2, 0.25) is 5.02 Å². The molecule has 0 saturated heterocycles. The zero-order valence-electron chi connectivity index (χ0n) is 13.5. The van der Waals surface area contributed by atoms with Crippen molar-refractivity contribution in [1.29, 1.82) is 5.26 Å². The van der Waals surface area contributed by atoms with E-state index in [0.717, 1.165) is 5.56 Å². The zero-order chi connectivity index (χ0) is 17.5. The fraction of sp³-hybridized carbons (Fsp3) is 0.158. The summed E-state index contributed by atoms with van der Waals surface area (Å²) in [4.78, 5) is 12.3. The highest BCUT2D eigenvalue weighted by Gasteiger charge is 2.11. The molecule has 5 heteroatoms. The number of nitriles is 1. The highest BCUT2D eigenvalue weighted by Crippen LogP contribution is 2.23. The predicted octanol–water partition coefficient (Wildman–Crippen LogP) is 4.59. The van der Waals surface area contributed by atoms with Gasteiger partial charge in [0.25, 0.3) is 5.91 Å². The smallest absolute Gasteiger partial charge is 0.266 e. The van der Waals surface area contributed by atoms with Crippen molar-refractivity contribution in [3.05, 3.63) is 64.2 Å². The van der Waals surface area contributed by atoms with Crippen molar-refractivity contribution in [2.45, 2.75) is 13.8 Å². The lowest BCUT2D eigenvalue weighted by molar-refractivity contribution is -0.112. The van der Waals surface area contributed by atoms with Gasteiger partial charge in [0.2, 0.25) is 0 Å². The van der Waals surface area contributed by atoms with Crippen molar-refractivity contribution in [1.82, 2.24) is 0 Å². The number of amides is 1. The Bertz CT molecular complexity index is 822. The lowest BCUT2D eigenvalue weighted by Gasteiger charge is -2.08. The van der Waals surface area contributed by atoms with Gasteiger partial charge in [-0.1, -0.05) is 35.9 Å². The molecule has 0 aliphatic carbocycles. The maximum absolute atomic E-state index is 12.3. The molecular weight excluding hydrogens is 324 g/mol. The van der Waals surface area contributed by atoms with Crippen molar-refractivity contribution >= 4 is 29.3 Å². The molecule has 0 aromatic heterocycles. The van der Waals surface area contributed by atoms with E-state index in [1.54, 1.807) is 30.3 Å². The third-order valence-corrected chi connectivity index (χ3v) is 3.72. The second-order valence-electron chi connectivity index (χ2n) is 5.06. The van der Waals surface area contributed by atoms with Gasteiger partial charge in [-0.3, -0.25) is 4.79 Å². The average Bonchev–Trinajstić information content (AvgIpc) is 2.57. The van der Waals surface area contributed by atoms with Crippen LogP contribution in [0, 0.1) is 18.3 Å². The Hall–Kier alpha value is -2.77. The maximum Gasteiger partial charge on any atom is 0.266 e. The summed E-state index contributed by atoms with van der Waals surface area (Å²) < 4.78 is 5.51. The minimum Gasteiger partial charge on any atom is -0.493 e. The fourth-order valence-electron chi connectivity index (χ4n) is 2.06. The molecule has 0 atom stereocenters. The van der Waals surface area contributed by atoms with Crippen molar-refractivity contribution in [2.75, 3.05) is 11.9 Å². The number of hydrogen-bond donors (Lipinski definition) is 1. The molecule has 1 amide bonds. The van der Waals surface area contributed by atoms with Crippen LogP contribution >= 0.6 is 11.6 Å². The molecule has 0 heterocycles. The van der Waals surface area contributed by atoms with E-state index in [9.17, 15) is 10.1 Å². The van der Waals surface area contributed by atoms with Gasteiger partial charge < -0.3 is 10.1 Å². The number of aryl methyl sites for hydroxylation is 1. The van der Waals surface area contributed by atoms with Crippen LogP contribution in [-0.2, 0) is 4.79 Å². The van der Waals surface area contributed by atoms with Crippen molar-refractivity contribution < 1.29 is 9.53 Å². The van der Waals surface area contributed by atoms with Crippen LogP contribution in [-0.4, -0.2) is 12.5 Å². The SMILES string of the molecule is CCOc1ccccc1/C=C(/C#N)C(=O)Nc1ccc(C)c(Cl)c1. The molecule has 1 N–H and O–H groups in total. The van der Waals surface area contributed by atoms with E-state index >= 15 is 0 Å². The summed E-state index contributed by atoms with van der Waals surface area (Å²) in [5.41, 5.74) is 2.11. The standard InChI is InChI=1S/C19H17ClN2O2/c1-3-24-18-7-5-4-6-14(18)10-15(12-21)19(23)22-16-9-8-13(2)17(20)11-16/h4-11H,3H2,1-2H3,(H,22,23)/b15-10-. The minimum absolute atomic E-state index is 0.0150. The number of anilines is 1. The lowest BCUT2D eigenvalue weighted by atomic mass is 10.1. The predicted molar refractivity (Wildman–Crippen MR) is 96.0 cm³/mol. The maximum atomic E-state index is 12.3. The average molecular weight is 341 g/mol. The summed E-state index contributed by atoms with van der Waals surface area (Å²) in [5, 5.41) is 12.5. The fourth-order valence-corrected chi connectivity index (χ4v) is 2.24. The third kappa shape index (κ3) is 4.37. The van der Waals surface area contributed by atoms with E-state index in [1.165, 1.54) is 6.08 Å². The van der Waals surface area contributed by atoms with Gasteiger partial charge in [0.1, 0.15) is 17.4 Å². The minimum atomic E-state index is -0.497. The molecule has 0 radical (unpaired) electrons. The zero-order valence-corrected chi connectivity index (χ0v) is 14.2. The Labute approximate surface area is 146 Å². The van der Waals surface area contributed by atoms with Gasteiger partial charge in [-0.15, -0.1) is 0 Å². The molecule has 0 spiro atoms. The quantitative estimate of drug-likeness (QED) is 0.639. The van der Waals surface area contributed by atoms with Gasteiger partial charge >= 0.3 is 0 Å². The van der Waals surface area contributed by atoms with Crippen molar-refractivity contribution in [3.63, 3.8) is 0 Å². The van der Waals surface area contributed by atoms with Crippen LogP contribution < -0.4 is 10.1 Å². The van der Waals surface area contributed by atoms with Crippen molar-refractivity contribution in [2.24, 2.45) is 0 Å².